The highest BCUT2D eigenvalue weighted by Gasteiger charge is 2.63. The normalized spacial score (nSPS) is 26.9. The van der Waals surface area contributed by atoms with Crippen LogP contribution in [-0.2, 0) is 10.0 Å². The van der Waals surface area contributed by atoms with Crippen molar-refractivity contribution in [2.45, 2.75) is 47.5 Å². The minimum Gasteiger partial charge on any atom is -0.319 e. The molecule has 0 aromatic heterocycles. The number of alkyl halides is 5. The highest BCUT2D eigenvalue weighted by molar-refractivity contribution is 7.89. The molecule has 0 radical (unpaired) electrons. The first-order valence-corrected chi connectivity index (χ1v) is 13.1. The molecule has 33 heavy (non-hydrogen) atoms. The first-order valence-electron chi connectivity index (χ1n) is 10.3. The highest BCUT2D eigenvalue weighted by Crippen LogP contribution is 2.52. The molecule has 0 bridgehead atoms. The van der Waals surface area contributed by atoms with Gasteiger partial charge in [0.25, 0.3) is 5.91 Å². The Balaban J connectivity index is 0.00000385. The maximum absolute atomic E-state index is 14.2. The summed E-state index contributed by atoms with van der Waals surface area (Å²) in [6.45, 7) is 2.23. The van der Waals surface area contributed by atoms with Crippen molar-refractivity contribution in [3.63, 3.8) is 0 Å². The van der Waals surface area contributed by atoms with Crippen LogP contribution >= 0.6 is 47.2 Å². The van der Waals surface area contributed by atoms with Gasteiger partial charge in [0.05, 0.1) is 16.7 Å². The van der Waals surface area contributed by atoms with Crippen LogP contribution in [0.1, 0.15) is 36.5 Å². The molecule has 1 aliphatic carbocycles. The number of piperazine rings is 1. The summed E-state index contributed by atoms with van der Waals surface area (Å²) >= 11 is 20.0. The Morgan fingerprint density at radius 3 is 2.24 bits per heavy atom. The Bertz CT molecular complexity index is 932. The van der Waals surface area contributed by atoms with Gasteiger partial charge in [-0.15, -0.1) is 24.0 Å². The number of carbonyl (C=O) groups is 1. The SMILES string of the molecule is CCS(=O)(=O)N1CCN(C2(C(Cl)(Cl)NC(=O)c3ccccc3)CCC(F)(F)CC2Cl)CC1.Cl. The van der Waals surface area contributed by atoms with Gasteiger partial charge in [-0.1, -0.05) is 41.4 Å². The minimum absolute atomic E-state index is 0. The lowest BCUT2D eigenvalue weighted by Gasteiger charge is -2.57. The van der Waals surface area contributed by atoms with E-state index in [-0.39, 0.29) is 50.8 Å². The second-order valence-electron chi connectivity index (χ2n) is 8.13. The van der Waals surface area contributed by atoms with E-state index >= 15 is 0 Å². The molecule has 1 aromatic rings. The molecule has 188 valence electrons. The summed E-state index contributed by atoms with van der Waals surface area (Å²) in [4.78, 5) is 14.6. The Morgan fingerprint density at radius 1 is 1.15 bits per heavy atom. The molecule has 1 saturated carbocycles. The van der Waals surface area contributed by atoms with Gasteiger partial charge in [-0.2, -0.15) is 4.31 Å². The van der Waals surface area contributed by atoms with Gasteiger partial charge >= 0.3 is 0 Å². The van der Waals surface area contributed by atoms with Crippen molar-refractivity contribution in [2.24, 2.45) is 0 Å². The lowest BCUT2D eigenvalue weighted by atomic mass is 9.76. The van der Waals surface area contributed by atoms with Crippen LogP contribution in [0.5, 0.6) is 0 Å². The molecule has 2 unspecified atom stereocenters. The molecular weight excluding hydrogens is 542 g/mol. The van der Waals surface area contributed by atoms with E-state index < -0.39 is 50.1 Å². The van der Waals surface area contributed by atoms with E-state index in [1.807, 2.05) is 0 Å². The monoisotopic (exact) mass is 567 g/mol. The maximum Gasteiger partial charge on any atom is 0.253 e. The highest BCUT2D eigenvalue weighted by atomic mass is 35.5. The zero-order valence-electron chi connectivity index (χ0n) is 17.9. The topological polar surface area (TPSA) is 69.7 Å². The first kappa shape index (κ1) is 28.8. The summed E-state index contributed by atoms with van der Waals surface area (Å²) in [5.41, 5.74) is -1.12. The van der Waals surface area contributed by atoms with E-state index in [0.717, 1.165) is 0 Å². The van der Waals surface area contributed by atoms with Crippen LogP contribution in [0.3, 0.4) is 0 Å². The number of hydrogen-bond donors (Lipinski definition) is 1. The number of nitrogens with zero attached hydrogens (tertiary/aromatic N) is 2. The van der Waals surface area contributed by atoms with Crippen molar-refractivity contribution in [3.8, 4) is 0 Å². The molecule has 13 heteroatoms. The molecule has 6 nitrogen and oxygen atoms in total. The number of nitrogens with one attached hydrogen (secondary N) is 1. The molecule has 2 fully saturated rings. The van der Waals surface area contributed by atoms with Crippen LogP contribution in [0.4, 0.5) is 8.78 Å². The summed E-state index contributed by atoms with van der Waals surface area (Å²) in [6, 6.07) is 8.25. The summed E-state index contributed by atoms with van der Waals surface area (Å²) in [7, 11) is -3.40. The Labute approximate surface area is 214 Å². The number of rotatable bonds is 6. The third-order valence-electron chi connectivity index (χ3n) is 6.28. The quantitative estimate of drug-likeness (QED) is 0.414. The minimum atomic E-state index is -3.40. The van der Waals surface area contributed by atoms with Crippen molar-refractivity contribution in [1.82, 2.24) is 14.5 Å². The molecule has 1 aliphatic heterocycles. The number of amides is 1. The van der Waals surface area contributed by atoms with Crippen molar-refractivity contribution in [1.29, 1.82) is 0 Å². The molecule has 0 spiro atoms. The van der Waals surface area contributed by atoms with Gasteiger partial charge in [0.15, 0.2) is 0 Å². The fourth-order valence-electron chi connectivity index (χ4n) is 4.43. The van der Waals surface area contributed by atoms with Gasteiger partial charge in [-0.05, 0) is 25.5 Å². The third-order valence-corrected chi connectivity index (χ3v) is 9.52. The van der Waals surface area contributed by atoms with Gasteiger partial charge in [0.2, 0.25) is 20.4 Å². The van der Waals surface area contributed by atoms with E-state index in [1.54, 1.807) is 42.2 Å². The number of carbonyl (C=O) groups excluding carboxylic acids is 1. The van der Waals surface area contributed by atoms with Gasteiger partial charge in [0.1, 0.15) is 0 Å². The van der Waals surface area contributed by atoms with Crippen LogP contribution in [0.15, 0.2) is 30.3 Å². The summed E-state index contributed by atoms with van der Waals surface area (Å²) in [6.07, 6.45) is -1.34. The van der Waals surface area contributed by atoms with Gasteiger partial charge in [0, 0.05) is 44.6 Å². The third kappa shape index (κ3) is 5.88. The molecule has 1 aromatic carbocycles. The zero-order chi connectivity index (χ0) is 23.8. The van der Waals surface area contributed by atoms with Gasteiger partial charge < -0.3 is 5.32 Å². The Morgan fingerprint density at radius 2 is 1.73 bits per heavy atom. The summed E-state index contributed by atoms with van der Waals surface area (Å²) in [5.74, 6) is -3.59. The van der Waals surface area contributed by atoms with Crippen LogP contribution in [0.25, 0.3) is 0 Å². The average molecular weight is 569 g/mol. The second kappa shape index (κ2) is 10.7. The van der Waals surface area contributed by atoms with E-state index in [2.05, 4.69) is 5.32 Å². The van der Waals surface area contributed by atoms with E-state index in [0.29, 0.717) is 5.56 Å². The van der Waals surface area contributed by atoms with Crippen LogP contribution in [0.2, 0.25) is 0 Å². The zero-order valence-corrected chi connectivity index (χ0v) is 21.8. The molecule has 2 atom stereocenters. The van der Waals surface area contributed by atoms with Crippen molar-refractivity contribution in [2.75, 3.05) is 31.9 Å². The predicted molar refractivity (Wildman–Crippen MR) is 129 cm³/mol. The lowest BCUT2D eigenvalue weighted by Crippen LogP contribution is -2.74. The molecule has 2 aliphatic rings. The lowest BCUT2D eigenvalue weighted by molar-refractivity contribution is -0.0904. The standard InChI is InChI=1S/C20H26Cl3F2N3O3S.ClH/c1-2-32(30,31)28-12-10-27(11-13-28)19(9-8-18(24,25)14-16(19)21)20(22,23)26-17(29)15-6-4-3-5-7-15;/h3-7,16H,2,8-14H2,1H3,(H,26,29);1H. The van der Waals surface area contributed by atoms with Crippen LogP contribution < -0.4 is 5.32 Å². The smallest absolute Gasteiger partial charge is 0.253 e. The molecular formula is C20H27Cl4F2N3O3S. The van der Waals surface area contributed by atoms with E-state index in [9.17, 15) is 22.0 Å². The maximum atomic E-state index is 14.2. The number of halogens is 6. The summed E-state index contributed by atoms with van der Waals surface area (Å²) in [5, 5.41) is 1.39. The van der Waals surface area contributed by atoms with E-state index in [4.69, 9.17) is 34.8 Å². The van der Waals surface area contributed by atoms with Crippen molar-refractivity contribution >= 4 is 63.1 Å². The van der Waals surface area contributed by atoms with Gasteiger partial charge in [-0.25, -0.2) is 17.2 Å². The van der Waals surface area contributed by atoms with Gasteiger partial charge in [-0.3, -0.25) is 9.69 Å². The van der Waals surface area contributed by atoms with Crippen molar-refractivity contribution < 1.29 is 22.0 Å². The molecule has 1 amide bonds. The van der Waals surface area contributed by atoms with E-state index in [1.165, 1.54) is 4.31 Å². The molecule has 1 N–H and O–H groups in total. The summed E-state index contributed by atoms with van der Waals surface area (Å²) < 4.78 is 52.2. The molecule has 3 rings (SSSR count). The number of sulfonamides is 1. The average Bonchev–Trinajstić information content (AvgIpc) is 2.73. The van der Waals surface area contributed by atoms with Crippen molar-refractivity contribution in [3.05, 3.63) is 35.9 Å². The fraction of sp³-hybridized carbons (Fsp3) is 0.650. The largest absolute Gasteiger partial charge is 0.319 e. The van der Waals surface area contributed by atoms with Crippen LogP contribution in [-0.4, -0.2) is 76.8 Å². The number of benzene rings is 1. The van der Waals surface area contributed by atoms with Crippen LogP contribution in [0, 0.1) is 0 Å². The first-order chi connectivity index (χ1) is 14.8. The fourth-order valence-corrected chi connectivity index (χ4v) is 7.13. The Hall–Kier alpha value is -0.420. The second-order valence-corrected chi connectivity index (χ2v) is 12.2. The molecule has 1 heterocycles. The Kier molecular flexibility index (Phi) is 9.33. The number of hydrogen-bond acceptors (Lipinski definition) is 4. The predicted octanol–water partition coefficient (Wildman–Crippen LogP) is 4.10. The molecule has 1 saturated heterocycles.